The molecule has 5 heteroatoms. The molecular weight excluding hydrogens is 318 g/mol. The van der Waals surface area contributed by atoms with E-state index in [9.17, 15) is 5.11 Å². The number of aliphatic hydroxyl groups is 1. The number of hydrogen-bond donors (Lipinski definition) is 1. The van der Waals surface area contributed by atoms with Crippen LogP contribution in [-0.2, 0) is 10.2 Å². The third-order valence-electron chi connectivity index (χ3n) is 4.39. The summed E-state index contributed by atoms with van der Waals surface area (Å²) in [6.07, 6.45) is -0.135. The maximum atomic E-state index is 10.4. The van der Waals surface area contributed by atoms with Crippen LogP contribution in [0.2, 0.25) is 0 Å². The van der Waals surface area contributed by atoms with Gasteiger partial charge in [0.2, 0.25) is 0 Å². The number of nitrogens with zero attached hydrogens (tertiary/aromatic N) is 1. The molecule has 0 amide bonds. The highest BCUT2D eigenvalue weighted by Gasteiger charge is 2.25. The minimum Gasteiger partial charge on any atom is -0.497 e. The molecule has 5 nitrogen and oxygen atoms in total. The fourth-order valence-electron chi connectivity index (χ4n) is 3.32. The topological polar surface area (TPSA) is 51.2 Å². The molecule has 1 heterocycles. The lowest BCUT2D eigenvalue weighted by Crippen LogP contribution is -2.48. The van der Waals surface area contributed by atoms with Crippen molar-refractivity contribution in [2.45, 2.75) is 58.3 Å². The van der Waals surface area contributed by atoms with Crippen LogP contribution in [0.25, 0.3) is 0 Å². The van der Waals surface area contributed by atoms with Gasteiger partial charge in [-0.15, -0.1) is 0 Å². The van der Waals surface area contributed by atoms with E-state index in [0.717, 1.165) is 30.2 Å². The number of ether oxygens (including phenoxy) is 3. The lowest BCUT2D eigenvalue weighted by molar-refractivity contribution is -0.0787. The molecule has 0 aromatic heterocycles. The average molecular weight is 351 g/mol. The maximum Gasteiger partial charge on any atom is 0.123 e. The molecule has 25 heavy (non-hydrogen) atoms. The summed E-state index contributed by atoms with van der Waals surface area (Å²) in [5.74, 6) is 1.62. The van der Waals surface area contributed by atoms with Gasteiger partial charge in [-0.05, 0) is 37.5 Å². The molecule has 0 bridgehead atoms. The second kappa shape index (κ2) is 8.39. The molecule has 1 aromatic carbocycles. The second-order valence-electron chi connectivity index (χ2n) is 8.05. The summed E-state index contributed by atoms with van der Waals surface area (Å²) in [5.41, 5.74) is 1.01. The zero-order chi connectivity index (χ0) is 18.6. The number of aliphatic hydroxyl groups excluding tert-OH is 1. The number of hydrogen-bond acceptors (Lipinski definition) is 5. The normalized spacial score (nSPS) is 23.3. The monoisotopic (exact) mass is 351 g/mol. The molecule has 1 fully saturated rings. The lowest BCUT2D eigenvalue weighted by Gasteiger charge is -2.36. The molecule has 1 aliphatic heterocycles. The van der Waals surface area contributed by atoms with Crippen LogP contribution in [0.15, 0.2) is 18.2 Å². The van der Waals surface area contributed by atoms with Crippen molar-refractivity contribution in [1.82, 2.24) is 4.90 Å². The molecule has 1 aromatic rings. The van der Waals surface area contributed by atoms with E-state index in [0.29, 0.717) is 6.54 Å². The second-order valence-corrected chi connectivity index (χ2v) is 8.05. The summed E-state index contributed by atoms with van der Waals surface area (Å²) in [7, 11) is 1.66. The lowest BCUT2D eigenvalue weighted by atomic mass is 9.86. The zero-order valence-electron chi connectivity index (χ0n) is 16.4. The van der Waals surface area contributed by atoms with Crippen molar-refractivity contribution in [2.24, 2.45) is 0 Å². The minimum atomic E-state index is -0.535. The van der Waals surface area contributed by atoms with Crippen molar-refractivity contribution in [3.05, 3.63) is 23.8 Å². The number of benzene rings is 1. The average Bonchev–Trinajstić information content (AvgIpc) is 2.50. The van der Waals surface area contributed by atoms with Crippen LogP contribution in [0, 0.1) is 0 Å². The van der Waals surface area contributed by atoms with Gasteiger partial charge < -0.3 is 19.3 Å². The molecule has 0 radical (unpaired) electrons. The summed E-state index contributed by atoms with van der Waals surface area (Å²) in [5, 5.41) is 10.4. The standard InChI is InChI=1S/C20H33NO4/c1-14-10-21(11-15(2)25-14)12-16(22)13-24-19-8-7-17(23-6)9-18(19)20(3,4)5/h7-9,14-16,22H,10-13H2,1-6H3/t14-,15+,16-/m1/s1. The van der Waals surface area contributed by atoms with E-state index in [1.54, 1.807) is 7.11 Å². The minimum absolute atomic E-state index is 0.0656. The fourth-order valence-corrected chi connectivity index (χ4v) is 3.32. The Morgan fingerprint density at radius 2 is 1.88 bits per heavy atom. The van der Waals surface area contributed by atoms with Crippen LogP contribution in [0.5, 0.6) is 11.5 Å². The van der Waals surface area contributed by atoms with Crippen LogP contribution in [-0.4, -0.2) is 61.7 Å². The van der Waals surface area contributed by atoms with E-state index in [1.807, 2.05) is 18.2 Å². The van der Waals surface area contributed by atoms with Crippen molar-refractivity contribution < 1.29 is 19.3 Å². The van der Waals surface area contributed by atoms with E-state index in [4.69, 9.17) is 14.2 Å². The molecule has 3 atom stereocenters. The molecular formula is C20H33NO4. The van der Waals surface area contributed by atoms with E-state index in [-0.39, 0.29) is 24.2 Å². The molecule has 0 saturated carbocycles. The van der Waals surface area contributed by atoms with Crippen molar-refractivity contribution in [3.8, 4) is 11.5 Å². The predicted octanol–water partition coefficient (Wildman–Crippen LogP) is 2.84. The first-order valence-corrected chi connectivity index (χ1v) is 9.06. The van der Waals surface area contributed by atoms with Gasteiger partial charge in [0.1, 0.15) is 24.2 Å². The molecule has 1 aliphatic rings. The van der Waals surface area contributed by atoms with Gasteiger partial charge >= 0.3 is 0 Å². The molecule has 2 rings (SSSR count). The number of β-amino-alcohol motifs (C(OH)–C–C–N with tert-alkyl or cyclic N) is 1. The van der Waals surface area contributed by atoms with Gasteiger partial charge in [-0.3, -0.25) is 4.90 Å². The molecule has 0 unspecified atom stereocenters. The van der Waals surface area contributed by atoms with Gasteiger partial charge in [0.25, 0.3) is 0 Å². The van der Waals surface area contributed by atoms with E-state index < -0.39 is 6.10 Å². The first-order valence-electron chi connectivity index (χ1n) is 9.06. The Bertz CT molecular complexity index is 545. The Morgan fingerprint density at radius 3 is 2.44 bits per heavy atom. The maximum absolute atomic E-state index is 10.4. The van der Waals surface area contributed by atoms with E-state index >= 15 is 0 Å². The van der Waals surface area contributed by atoms with Crippen LogP contribution in [0.4, 0.5) is 0 Å². The van der Waals surface area contributed by atoms with Crippen molar-refractivity contribution in [3.63, 3.8) is 0 Å². The van der Waals surface area contributed by atoms with Gasteiger partial charge in [-0.1, -0.05) is 20.8 Å². The molecule has 0 spiro atoms. The summed E-state index contributed by atoms with van der Waals surface area (Å²) < 4.78 is 17.0. The SMILES string of the molecule is COc1ccc(OC[C@H](O)CN2C[C@@H](C)O[C@@H](C)C2)c(C(C)(C)C)c1. The van der Waals surface area contributed by atoms with Crippen molar-refractivity contribution >= 4 is 0 Å². The van der Waals surface area contributed by atoms with E-state index in [1.165, 1.54) is 0 Å². The smallest absolute Gasteiger partial charge is 0.123 e. The van der Waals surface area contributed by atoms with Gasteiger partial charge in [0.15, 0.2) is 0 Å². The Kier molecular flexibility index (Phi) is 6.72. The summed E-state index contributed by atoms with van der Waals surface area (Å²) >= 11 is 0. The van der Waals surface area contributed by atoms with Crippen LogP contribution in [0.1, 0.15) is 40.2 Å². The Hall–Kier alpha value is -1.30. The highest BCUT2D eigenvalue weighted by atomic mass is 16.5. The first-order chi connectivity index (χ1) is 11.7. The first kappa shape index (κ1) is 20.0. The van der Waals surface area contributed by atoms with Crippen LogP contribution < -0.4 is 9.47 Å². The highest BCUT2D eigenvalue weighted by Crippen LogP contribution is 2.34. The molecule has 1 saturated heterocycles. The van der Waals surface area contributed by atoms with Crippen LogP contribution >= 0.6 is 0 Å². The quantitative estimate of drug-likeness (QED) is 0.854. The zero-order valence-corrected chi connectivity index (χ0v) is 16.4. The Morgan fingerprint density at radius 1 is 1.24 bits per heavy atom. The third kappa shape index (κ3) is 5.87. The van der Waals surface area contributed by atoms with Crippen LogP contribution in [0.3, 0.4) is 0 Å². The number of rotatable bonds is 6. The number of morpholine rings is 1. The molecule has 0 aliphatic carbocycles. The fraction of sp³-hybridized carbons (Fsp3) is 0.700. The largest absolute Gasteiger partial charge is 0.497 e. The van der Waals surface area contributed by atoms with Gasteiger partial charge in [0, 0.05) is 25.2 Å². The van der Waals surface area contributed by atoms with Gasteiger partial charge in [-0.2, -0.15) is 0 Å². The molecule has 142 valence electrons. The summed E-state index contributed by atoms with van der Waals surface area (Å²) in [4.78, 5) is 2.24. The predicted molar refractivity (Wildman–Crippen MR) is 99.6 cm³/mol. The summed E-state index contributed by atoms with van der Waals surface area (Å²) in [6, 6.07) is 5.82. The van der Waals surface area contributed by atoms with Gasteiger partial charge in [0.05, 0.1) is 19.3 Å². The summed E-state index contributed by atoms with van der Waals surface area (Å²) in [6.45, 7) is 13.1. The third-order valence-corrected chi connectivity index (χ3v) is 4.39. The Labute approximate surface area is 151 Å². The molecule has 1 N–H and O–H groups in total. The highest BCUT2D eigenvalue weighted by molar-refractivity contribution is 5.44. The van der Waals surface area contributed by atoms with Crippen molar-refractivity contribution in [2.75, 3.05) is 33.4 Å². The van der Waals surface area contributed by atoms with Gasteiger partial charge in [-0.25, -0.2) is 0 Å². The van der Waals surface area contributed by atoms with Crippen molar-refractivity contribution in [1.29, 1.82) is 0 Å². The van der Waals surface area contributed by atoms with E-state index in [2.05, 4.69) is 39.5 Å². The Balaban J connectivity index is 1.96. The number of methoxy groups -OCH3 is 1.